The number of pyridine rings is 1. The third-order valence-corrected chi connectivity index (χ3v) is 5.66. The molecule has 0 atom stereocenters. The molecule has 42 heavy (non-hydrogen) atoms. The van der Waals surface area contributed by atoms with Gasteiger partial charge in [-0.25, -0.2) is 33.7 Å². The SMILES string of the molecule is CC(C)(C)OC(=O)N(C(=O)OC(C)(C)C)c1nccc(-c2cnc(NCc3cc(F)cc(C(=O)O)c3)c3c2OCC3)n1. The molecule has 4 rings (SSSR count). The Hall–Kier alpha value is -4.81. The third-order valence-electron chi connectivity index (χ3n) is 5.66. The molecule has 0 radical (unpaired) electrons. The van der Waals surface area contributed by atoms with Gasteiger partial charge >= 0.3 is 18.2 Å². The van der Waals surface area contributed by atoms with E-state index in [9.17, 15) is 23.9 Å². The molecule has 12 nitrogen and oxygen atoms in total. The summed E-state index contributed by atoms with van der Waals surface area (Å²) in [5.41, 5.74) is 0.00714. The molecule has 3 heterocycles. The topological polar surface area (TPSA) is 153 Å². The fraction of sp³-hybridized carbons (Fsp3) is 0.379. The van der Waals surface area contributed by atoms with Crippen LogP contribution in [-0.2, 0) is 22.4 Å². The number of amides is 2. The number of rotatable bonds is 6. The van der Waals surface area contributed by atoms with Crippen molar-refractivity contribution in [3.05, 3.63) is 59.2 Å². The standard InChI is InChI=1S/C29H32FN5O7/c1-28(2,3)41-26(38)35(27(39)42-29(4,5)6)25-31-9-7-21(34-25)20-15-33-23(19-8-10-40-22(19)20)32-14-16-11-17(24(36)37)13-18(30)12-16/h7,9,11-13,15H,8,10,14H2,1-6H3,(H,32,33)(H,36,37). The van der Waals surface area contributed by atoms with E-state index in [1.165, 1.54) is 24.5 Å². The summed E-state index contributed by atoms with van der Waals surface area (Å²) in [4.78, 5) is 51.1. The van der Waals surface area contributed by atoms with E-state index in [1.54, 1.807) is 47.6 Å². The van der Waals surface area contributed by atoms with Gasteiger partial charge in [-0.3, -0.25) is 0 Å². The van der Waals surface area contributed by atoms with Crippen LogP contribution in [0.25, 0.3) is 11.3 Å². The molecule has 0 bridgehead atoms. The summed E-state index contributed by atoms with van der Waals surface area (Å²) < 4.78 is 30.7. The summed E-state index contributed by atoms with van der Waals surface area (Å²) in [5.74, 6) is -1.18. The maximum Gasteiger partial charge on any atom is 0.427 e. The van der Waals surface area contributed by atoms with E-state index in [2.05, 4.69) is 20.3 Å². The Labute approximate surface area is 241 Å². The number of carbonyl (C=O) groups excluding carboxylic acids is 2. The van der Waals surface area contributed by atoms with Gasteiger partial charge in [-0.1, -0.05) is 0 Å². The zero-order valence-electron chi connectivity index (χ0n) is 24.1. The molecule has 222 valence electrons. The molecule has 1 aromatic carbocycles. The van der Waals surface area contributed by atoms with Crippen LogP contribution < -0.4 is 15.0 Å². The quantitative estimate of drug-likeness (QED) is 0.374. The minimum atomic E-state index is -1.23. The van der Waals surface area contributed by atoms with Gasteiger partial charge in [0.05, 0.1) is 23.4 Å². The lowest BCUT2D eigenvalue weighted by molar-refractivity contribution is 0.0426. The third kappa shape index (κ3) is 7.28. The first kappa shape index (κ1) is 30.2. The van der Waals surface area contributed by atoms with Crippen molar-refractivity contribution >= 4 is 29.9 Å². The molecule has 0 unspecified atom stereocenters. The molecule has 2 amide bonds. The van der Waals surface area contributed by atoms with Gasteiger partial charge < -0.3 is 24.6 Å². The number of anilines is 2. The van der Waals surface area contributed by atoms with Crippen molar-refractivity contribution in [2.75, 3.05) is 16.8 Å². The second-order valence-electron chi connectivity index (χ2n) is 11.5. The average Bonchev–Trinajstić information content (AvgIpc) is 3.35. The van der Waals surface area contributed by atoms with Crippen LogP contribution in [0.4, 0.5) is 25.7 Å². The van der Waals surface area contributed by atoms with E-state index < -0.39 is 35.2 Å². The fourth-order valence-corrected chi connectivity index (χ4v) is 4.04. The molecule has 13 heteroatoms. The van der Waals surface area contributed by atoms with Gasteiger partial charge in [0.2, 0.25) is 5.95 Å². The number of imide groups is 1. The highest BCUT2D eigenvalue weighted by molar-refractivity contribution is 6.08. The molecule has 0 aliphatic carbocycles. The number of carbonyl (C=O) groups is 3. The van der Waals surface area contributed by atoms with Gasteiger partial charge in [-0.2, -0.15) is 0 Å². The van der Waals surface area contributed by atoms with Gasteiger partial charge in [-0.15, -0.1) is 4.90 Å². The summed E-state index contributed by atoms with van der Waals surface area (Å²) in [6, 6.07) is 5.16. The largest absolute Gasteiger partial charge is 0.492 e. The summed E-state index contributed by atoms with van der Waals surface area (Å²) >= 11 is 0. The van der Waals surface area contributed by atoms with Crippen molar-refractivity contribution in [1.29, 1.82) is 0 Å². The predicted molar refractivity (Wildman–Crippen MR) is 150 cm³/mol. The summed E-state index contributed by atoms with van der Waals surface area (Å²) in [6.45, 7) is 10.5. The second kappa shape index (κ2) is 11.6. The van der Waals surface area contributed by atoms with Crippen LogP contribution in [0.15, 0.2) is 36.7 Å². The predicted octanol–water partition coefficient (Wildman–Crippen LogP) is 5.60. The maximum atomic E-state index is 13.9. The molecule has 2 aromatic heterocycles. The number of halogens is 1. The highest BCUT2D eigenvalue weighted by Crippen LogP contribution is 2.39. The van der Waals surface area contributed by atoms with Crippen LogP contribution in [0.2, 0.25) is 0 Å². The van der Waals surface area contributed by atoms with Gasteiger partial charge in [0.1, 0.15) is 28.6 Å². The lowest BCUT2D eigenvalue weighted by Gasteiger charge is -2.27. The van der Waals surface area contributed by atoms with Crippen molar-refractivity contribution in [2.45, 2.75) is 65.7 Å². The van der Waals surface area contributed by atoms with E-state index in [0.29, 0.717) is 46.3 Å². The average molecular weight is 582 g/mol. The Balaban J connectivity index is 1.66. The van der Waals surface area contributed by atoms with Crippen molar-refractivity contribution in [1.82, 2.24) is 15.0 Å². The number of aromatic carboxylic acids is 1. The van der Waals surface area contributed by atoms with Crippen LogP contribution in [0.5, 0.6) is 5.75 Å². The lowest BCUT2D eigenvalue weighted by atomic mass is 10.1. The van der Waals surface area contributed by atoms with Crippen molar-refractivity contribution < 1.29 is 38.1 Å². The molecule has 1 aliphatic heterocycles. The first-order valence-corrected chi connectivity index (χ1v) is 13.1. The number of ether oxygens (including phenoxy) is 3. The highest BCUT2D eigenvalue weighted by atomic mass is 19.1. The minimum absolute atomic E-state index is 0.120. The number of hydrogen-bond acceptors (Lipinski definition) is 10. The maximum absolute atomic E-state index is 13.9. The minimum Gasteiger partial charge on any atom is -0.492 e. The number of carboxylic acids is 1. The Morgan fingerprint density at radius 2 is 1.71 bits per heavy atom. The van der Waals surface area contributed by atoms with E-state index in [0.717, 1.165) is 11.6 Å². The number of benzene rings is 1. The first-order chi connectivity index (χ1) is 19.6. The number of carboxylic acid groups (broad SMARTS) is 1. The molecular weight excluding hydrogens is 549 g/mol. The molecule has 0 saturated heterocycles. The normalized spacial score (nSPS) is 12.6. The molecule has 0 fully saturated rings. The Kier molecular flexibility index (Phi) is 8.32. The monoisotopic (exact) mass is 581 g/mol. The van der Waals surface area contributed by atoms with Gasteiger partial charge in [0.25, 0.3) is 0 Å². The molecule has 2 N–H and O–H groups in total. The van der Waals surface area contributed by atoms with Crippen molar-refractivity contribution in [3.8, 4) is 17.0 Å². The lowest BCUT2D eigenvalue weighted by Crippen LogP contribution is -2.44. The van der Waals surface area contributed by atoms with Gasteiger partial charge in [0, 0.05) is 30.9 Å². The summed E-state index contributed by atoms with van der Waals surface area (Å²) in [6.07, 6.45) is 1.41. The molecule has 0 spiro atoms. The van der Waals surface area contributed by atoms with E-state index in [1.807, 2.05) is 0 Å². The van der Waals surface area contributed by atoms with E-state index in [4.69, 9.17) is 14.2 Å². The van der Waals surface area contributed by atoms with Crippen molar-refractivity contribution in [3.63, 3.8) is 0 Å². The van der Waals surface area contributed by atoms with E-state index >= 15 is 0 Å². The van der Waals surface area contributed by atoms with E-state index in [-0.39, 0.29) is 18.1 Å². The second-order valence-corrected chi connectivity index (χ2v) is 11.5. The fourth-order valence-electron chi connectivity index (χ4n) is 4.04. The molecule has 0 saturated carbocycles. The molecular formula is C29H32FN5O7. The Morgan fingerprint density at radius 3 is 2.33 bits per heavy atom. The number of fused-ring (bicyclic) bond motifs is 1. The number of hydrogen-bond donors (Lipinski definition) is 2. The smallest absolute Gasteiger partial charge is 0.427 e. The zero-order valence-corrected chi connectivity index (χ0v) is 24.1. The molecule has 1 aliphatic rings. The Bertz CT molecular complexity index is 1500. The summed E-state index contributed by atoms with van der Waals surface area (Å²) in [7, 11) is 0. The number of nitrogens with zero attached hydrogens (tertiary/aromatic N) is 4. The summed E-state index contributed by atoms with van der Waals surface area (Å²) in [5, 5.41) is 12.3. The van der Waals surface area contributed by atoms with Crippen LogP contribution in [0, 0.1) is 5.82 Å². The van der Waals surface area contributed by atoms with Gasteiger partial charge in [0.15, 0.2) is 0 Å². The van der Waals surface area contributed by atoms with Crippen LogP contribution in [-0.4, -0.2) is 56.0 Å². The Morgan fingerprint density at radius 1 is 1.05 bits per heavy atom. The molecule has 3 aromatic rings. The van der Waals surface area contributed by atoms with Crippen LogP contribution in [0.3, 0.4) is 0 Å². The van der Waals surface area contributed by atoms with Crippen LogP contribution >= 0.6 is 0 Å². The number of aromatic nitrogens is 3. The first-order valence-electron chi connectivity index (χ1n) is 13.1. The zero-order chi connectivity index (χ0) is 30.8. The van der Waals surface area contributed by atoms with Crippen LogP contribution in [0.1, 0.15) is 63.0 Å². The van der Waals surface area contributed by atoms with Gasteiger partial charge in [-0.05, 0) is 71.4 Å². The highest BCUT2D eigenvalue weighted by Gasteiger charge is 2.35. The number of nitrogens with one attached hydrogen (secondary N) is 1. The van der Waals surface area contributed by atoms with Crippen molar-refractivity contribution in [2.24, 2.45) is 0 Å².